The third kappa shape index (κ3) is 3.19. The first-order valence-electron chi connectivity index (χ1n) is 15.8. The molecular weight excluding hydrogens is 577 g/mol. The van der Waals surface area contributed by atoms with Crippen molar-refractivity contribution in [3.63, 3.8) is 0 Å². The van der Waals surface area contributed by atoms with Crippen molar-refractivity contribution in [3.05, 3.63) is 146 Å². The zero-order valence-corrected chi connectivity index (χ0v) is 25.5. The first-order chi connectivity index (χ1) is 22.8. The summed E-state index contributed by atoms with van der Waals surface area (Å²) in [6, 6.07) is 53.5. The maximum absolute atomic E-state index is 6.54. The number of hydrogen-bond acceptors (Lipinski definition) is 2. The van der Waals surface area contributed by atoms with Crippen LogP contribution in [0.4, 0.5) is 0 Å². The topological polar surface area (TPSA) is 13.1 Å². The molecule has 0 saturated carbocycles. The summed E-state index contributed by atoms with van der Waals surface area (Å²) < 4.78 is 9.25. The van der Waals surface area contributed by atoms with Gasteiger partial charge in [-0.1, -0.05) is 109 Å². The number of fused-ring (bicyclic) bond motifs is 6. The van der Waals surface area contributed by atoms with E-state index >= 15 is 0 Å². The van der Waals surface area contributed by atoms with Crippen LogP contribution in [0.1, 0.15) is 0 Å². The van der Waals surface area contributed by atoms with Crippen LogP contribution in [0.2, 0.25) is 0 Å². The van der Waals surface area contributed by atoms with Crippen LogP contribution in [0.5, 0.6) is 0 Å². The molecule has 0 radical (unpaired) electrons. The lowest BCUT2D eigenvalue weighted by Crippen LogP contribution is -1.92. The number of benzene rings is 9. The highest BCUT2D eigenvalue weighted by molar-refractivity contribution is 7.26. The molecule has 0 saturated heterocycles. The summed E-state index contributed by atoms with van der Waals surface area (Å²) in [5.41, 5.74) is 6.89. The van der Waals surface area contributed by atoms with Crippen molar-refractivity contribution in [1.82, 2.24) is 0 Å². The van der Waals surface area contributed by atoms with Gasteiger partial charge in [-0.25, -0.2) is 0 Å². The third-order valence-corrected chi connectivity index (χ3v) is 11.1. The molecule has 0 aliphatic rings. The highest BCUT2D eigenvalue weighted by Gasteiger charge is 2.23. The van der Waals surface area contributed by atoms with E-state index in [1.807, 2.05) is 11.3 Å². The molecule has 0 unspecified atom stereocenters. The molecule has 0 spiro atoms. The van der Waals surface area contributed by atoms with Gasteiger partial charge in [-0.2, -0.15) is 0 Å². The van der Waals surface area contributed by atoms with E-state index in [-0.39, 0.29) is 0 Å². The van der Waals surface area contributed by atoms with E-state index in [0.29, 0.717) is 0 Å². The summed E-state index contributed by atoms with van der Waals surface area (Å²) in [6.45, 7) is 0. The quantitative estimate of drug-likeness (QED) is 0.142. The summed E-state index contributed by atoms with van der Waals surface area (Å²) in [7, 11) is 0. The Kier molecular flexibility index (Phi) is 4.78. The Hall–Kier alpha value is -5.70. The van der Waals surface area contributed by atoms with E-state index in [1.165, 1.54) is 90.9 Å². The summed E-state index contributed by atoms with van der Waals surface area (Å²) >= 11 is 1.90. The van der Waals surface area contributed by atoms with Gasteiger partial charge in [-0.05, 0) is 102 Å². The van der Waals surface area contributed by atoms with E-state index < -0.39 is 0 Å². The molecular formula is C44H24OS. The number of thiophene rings is 1. The van der Waals surface area contributed by atoms with Crippen LogP contribution in [0, 0.1) is 0 Å². The van der Waals surface area contributed by atoms with E-state index in [9.17, 15) is 0 Å². The molecule has 0 aliphatic carbocycles. The maximum Gasteiger partial charge on any atom is 0.136 e. The van der Waals surface area contributed by atoms with E-state index in [0.717, 1.165) is 16.6 Å². The standard InChI is InChI=1S/C44H24OS/c1-2-11-26-24-37-35(22-25(26)10-1)43-33(18-8-19-36(43)45-37)41-28-13-3-5-15-30(28)42(31-16-6-4-14-29(31)41)34-23-27-12-7-20-38-40(27)44-32(34)17-9-21-39(44)46-38/h1-24H. The smallest absolute Gasteiger partial charge is 0.136 e. The maximum atomic E-state index is 6.54. The van der Waals surface area contributed by atoms with Crippen molar-refractivity contribution < 1.29 is 4.42 Å². The summed E-state index contributed by atoms with van der Waals surface area (Å²) in [5, 5.41) is 15.2. The molecule has 2 heterocycles. The van der Waals surface area contributed by atoms with Gasteiger partial charge in [0.2, 0.25) is 0 Å². The van der Waals surface area contributed by atoms with Crippen LogP contribution in [-0.4, -0.2) is 0 Å². The fourth-order valence-corrected chi connectivity index (χ4v) is 9.27. The van der Waals surface area contributed by atoms with Crippen LogP contribution in [0.3, 0.4) is 0 Å². The van der Waals surface area contributed by atoms with Crippen molar-refractivity contribution >= 4 is 96.5 Å². The molecule has 2 heteroatoms. The molecule has 0 amide bonds. The molecule has 46 heavy (non-hydrogen) atoms. The van der Waals surface area contributed by atoms with E-state index in [2.05, 4.69) is 146 Å². The van der Waals surface area contributed by atoms with Gasteiger partial charge in [-0.15, -0.1) is 11.3 Å². The number of rotatable bonds is 2. The molecule has 212 valence electrons. The first kappa shape index (κ1) is 24.6. The van der Waals surface area contributed by atoms with Crippen molar-refractivity contribution in [2.45, 2.75) is 0 Å². The lowest BCUT2D eigenvalue weighted by Gasteiger charge is -2.19. The van der Waals surface area contributed by atoms with E-state index in [4.69, 9.17) is 4.42 Å². The molecule has 0 N–H and O–H groups in total. The largest absolute Gasteiger partial charge is 0.456 e. The van der Waals surface area contributed by atoms with Gasteiger partial charge in [0.15, 0.2) is 0 Å². The predicted octanol–water partition coefficient (Wildman–Crippen LogP) is 13.3. The second kappa shape index (κ2) is 8.94. The van der Waals surface area contributed by atoms with Crippen LogP contribution >= 0.6 is 11.3 Å². The minimum atomic E-state index is 0.916. The van der Waals surface area contributed by atoms with Gasteiger partial charge in [0.1, 0.15) is 11.2 Å². The Morgan fingerprint density at radius 3 is 1.65 bits per heavy atom. The molecule has 0 fully saturated rings. The van der Waals surface area contributed by atoms with Gasteiger partial charge in [0.25, 0.3) is 0 Å². The van der Waals surface area contributed by atoms with Crippen molar-refractivity contribution in [1.29, 1.82) is 0 Å². The molecule has 0 aliphatic heterocycles. The first-order valence-corrected chi connectivity index (χ1v) is 16.6. The number of furan rings is 1. The van der Waals surface area contributed by atoms with Crippen LogP contribution in [0.15, 0.2) is 150 Å². The van der Waals surface area contributed by atoms with Crippen molar-refractivity contribution in [2.24, 2.45) is 0 Å². The van der Waals surface area contributed by atoms with Gasteiger partial charge in [0.05, 0.1) is 0 Å². The minimum absolute atomic E-state index is 0.916. The summed E-state index contributed by atoms with van der Waals surface area (Å²) in [5.74, 6) is 0. The lowest BCUT2D eigenvalue weighted by atomic mass is 9.83. The fourth-order valence-electron chi connectivity index (χ4n) is 8.11. The molecule has 2 aromatic heterocycles. The predicted molar refractivity (Wildman–Crippen MR) is 199 cm³/mol. The molecule has 0 bridgehead atoms. The van der Waals surface area contributed by atoms with Crippen molar-refractivity contribution in [3.8, 4) is 22.3 Å². The normalized spacial score (nSPS) is 12.3. The fraction of sp³-hybridized carbons (Fsp3) is 0. The zero-order chi connectivity index (χ0) is 29.9. The van der Waals surface area contributed by atoms with Gasteiger partial charge >= 0.3 is 0 Å². The van der Waals surface area contributed by atoms with E-state index in [1.54, 1.807) is 0 Å². The van der Waals surface area contributed by atoms with Crippen LogP contribution < -0.4 is 0 Å². The zero-order valence-electron chi connectivity index (χ0n) is 24.7. The summed E-state index contributed by atoms with van der Waals surface area (Å²) in [6.07, 6.45) is 0. The minimum Gasteiger partial charge on any atom is -0.456 e. The van der Waals surface area contributed by atoms with Crippen LogP contribution in [-0.2, 0) is 0 Å². The average Bonchev–Trinajstić information content (AvgIpc) is 3.67. The second-order valence-electron chi connectivity index (χ2n) is 12.4. The van der Waals surface area contributed by atoms with Gasteiger partial charge in [0, 0.05) is 30.9 Å². The lowest BCUT2D eigenvalue weighted by molar-refractivity contribution is 0.669. The molecule has 11 aromatic rings. The molecule has 9 aromatic carbocycles. The Bertz CT molecular complexity index is 2970. The Balaban J connectivity index is 1.31. The SMILES string of the molecule is c1ccc2cc3c(cc2c1)oc1cccc(-c2c4ccccc4c(-c4cc5cccc6sc7cccc4c7c56)c4ccccc24)c13. The molecule has 0 atom stereocenters. The Morgan fingerprint density at radius 1 is 0.348 bits per heavy atom. The molecule has 11 rings (SSSR count). The highest BCUT2D eigenvalue weighted by Crippen LogP contribution is 2.50. The Labute approximate surface area is 267 Å². The average molecular weight is 601 g/mol. The number of hydrogen-bond donors (Lipinski definition) is 0. The monoisotopic (exact) mass is 600 g/mol. The van der Waals surface area contributed by atoms with Gasteiger partial charge in [-0.3, -0.25) is 0 Å². The van der Waals surface area contributed by atoms with Crippen LogP contribution in [0.25, 0.3) is 107 Å². The summed E-state index contributed by atoms with van der Waals surface area (Å²) in [4.78, 5) is 0. The molecule has 1 nitrogen and oxygen atoms in total. The highest BCUT2D eigenvalue weighted by atomic mass is 32.1. The second-order valence-corrected chi connectivity index (χ2v) is 13.5. The van der Waals surface area contributed by atoms with Crippen molar-refractivity contribution in [2.75, 3.05) is 0 Å². The Morgan fingerprint density at radius 2 is 0.913 bits per heavy atom. The van der Waals surface area contributed by atoms with Gasteiger partial charge < -0.3 is 4.42 Å². The third-order valence-electron chi connectivity index (χ3n) is 9.98.